The highest BCUT2D eigenvalue weighted by Crippen LogP contribution is 1.99. The molecule has 0 aromatic heterocycles. The summed E-state index contributed by atoms with van der Waals surface area (Å²) in [6.07, 6.45) is 0.143. The molecule has 1 N–H and O–H groups in total. The van der Waals surface area contributed by atoms with Crippen LogP contribution in [0.3, 0.4) is 0 Å². The van der Waals surface area contributed by atoms with Crippen LogP contribution in [0.2, 0.25) is 0 Å². The molecule has 1 aliphatic heterocycles. The van der Waals surface area contributed by atoms with Crippen molar-refractivity contribution in [2.45, 2.75) is 20.0 Å². The third kappa shape index (κ3) is 1.50. The zero-order valence-electron chi connectivity index (χ0n) is 7.42. The van der Waals surface area contributed by atoms with Gasteiger partial charge in [0.15, 0.2) is 0 Å². The van der Waals surface area contributed by atoms with Crippen LogP contribution >= 0.6 is 0 Å². The summed E-state index contributed by atoms with van der Waals surface area (Å²) >= 11 is 0. The van der Waals surface area contributed by atoms with Crippen molar-refractivity contribution in [1.82, 2.24) is 10.2 Å². The fraction of sp³-hybridized carbons (Fsp3) is 0.714. The molecule has 4 nitrogen and oxygen atoms in total. The largest absolute Gasteiger partial charge is 0.334 e. The second-order valence-electron chi connectivity index (χ2n) is 2.60. The summed E-state index contributed by atoms with van der Waals surface area (Å²) in [6, 6.07) is 0. The molecule has 0 aromatic rings. The second-order valence-corrected chi connectivity index (χ2v) is 2.60. The molecule has 11 heavy (non-hydrogen) atoms. The second kappa shape index (κ2) is 2.90. The number of nitrogens with zero attached hydrogens (tertiary/aromatic N) is 3. The standard InChI is InChI=1S/C7H14N4/c1-5-9-6(2)11(4)7(8-3)10-5/h5H,1-4H3,(H,8,10). The van der Waals surface area contributed by atoms with Crippen molar-refractivity contribution in [1.29, 1.82) is 0 Å². The monoisotopic (exact) mass is 154 g/mol. The first kappa shape index (κ1) is 8.04. The van der Waals surface area contributed by atoms with Crippen LogP contribution < -0.4 is 5.32 Å². The van der Waals surface area contributed by atoms with Gasteiger partial charge in [0.05, 0.1) is 0 Å². The Labute approximate surface area is 67.0 Å². The van der Waals surface area contributed by atoms with Gasteiger partial charge in [-0.25, -0.2) is 4.99 Å². The lowest BCUT2D eigenvalue weighted by Gasteiger charge is -2.28. The minimum absolute atomic E-state index is 0.143. The minimum atomic E-state index is 0.143. The van der Waals surface area contributed by atoms with Gasteiger partial charge in [0.25, 0.3) is 0 Å². The van der Waals surface area contributed by atoms with Crippen LogP contribution in [0.4, 0.5) is 0 Å². The quantitative estimate of drug-likeness (QED) is 0.544. The lowest BCUT2D eigenvalue weighted by molar-refractivity contribution is 0.572. The highest BCUT2D eigenvalue weighted by Gasteiger charge is 2.16. The lowest BCUT2D eigenvalue weighted by Crippen LogP contribution is -2.49. The first-order chi connectivity index (χ1) is 5.15. The molecular formula is C7H14N4. The van der Waals surface area contributed by atoms with Crippen LogP contribution in [-0.4, -0.2) is 37.0 Å². The summed E-state index contributed by atoms with van der Waals surface area (Å²) in [5.41, 5.74) is 0. The Morgan fingerprint density at radius 2 is 2.27 bits per heavy atom. The van der Waals surface area contributed by atoms with Gasteiger partial charge < -0.3 is 10.2 Å². The Kier molecular flexibility index (Phi) is 2.12. The van der Waals surface area contributed by atoms with Gasteiger partial charge in [-0.15, -0.1) is 0 Å². The Hall–Kier alpha value is -1.06. The first-order valence-corrected chi connectivity index (χ1v) is 3.66. The van der Waals surface area contributed by atoms with Gasteiger partial charge in [-0.05, 0) is 13.8 Å². The molecule has 1 rings (SSSR count). The number of nitrogens with one attached hydrogen (secondary N) is 1. The zero-order valence-corrected chi connectivity index (χ0v) is 7.42. The summed E-state index contributed by atoms with van der Waals surface area (Å²) in [5.74, 6) is 1.88. The van der Waals surface area contributed by atoms with E-state index in [1.54, 1.807) is 7.05 Å². The molecule has 0 amide bonds. The molecule has 0 saturated carbocycles. The maximum absolute atomic E-state index is 4.31. The Balaban J connectivity index is 2.86. The van der Waals surface area contributed by atoms with E-state index in [0.717, 1.165) is 11.8 Å². The minimum Gasteiger partial charge on any atom is -0.334 e. The summed E-state index contributed by atoms with van der Waals surface area (Å²) in [5, 5.41) is 3.13. The number of guanidine groups is 1. The van der Waals surface area contributed by atoms with Gasteiger partial charge in [0.2, 0.25) is 5.96 Å². The van der Waals surface area contributed by atoms with E-state index in [2.05, 4.69) is 15.3 Å². The number of aliphatic imine (C=N–C) groups is 2. The molecule has 0 aromatic carbocycles. The fourth-order valence-corrected chi connectivity index (χ4v) is 1.05. The van der Waals surface area contributed by atoms with Gasteiger partial charge in [0, 0.05) is 14.1 Å². The van der Waals surface area contributed by atoms with E-state index >= 15 is 0 Å². The van der Waals surface area contributed by atoms with Crippen molar-refractivity contribution in [2.24, 2.45) is 9.98 Å². The average molecular weight is 154 g/mol. The number of hydrogen-bond acceptors (Lipinski definition) is 2. The number of hydrogen-bond donors (Lipinski definition) is 1. The van der Waals surface area contributed by atoms with Crippen molar-refractivity contribution >= 4 is 11.8 Å². The van der Waals surface area contributed by atoms with E-state index in [0.29, 0.717) is 0 Å². The summed E-state index contributed by atoms with van der Waals surface area (Å²) in [7, 11) is 3.71. The number of amidine groups is 1. The van der Waals surface area contributed by atoms with Gasteiger partial charge in [-0.1, -0.05) is 0 Å². The van der Waals surface area contributed by atoms with Crippen LogP contribution in [0.5, 0.6) is 0 Å². The van der Waals surface area contributed by atoms with E-state index in [9.17, 15) is 0 Å². The molecule has 0 saturated heterocycles. The highest BCUT2D eigenvalue weighted by atomic mass is 15.4. The zero-order chi connectivity index (χ0) is 8.43. The SMILES string of the molecule is CN=C1NC(C)N=C(C)N1C. The molecule has 0 aliphatic carbocycles. The van der Waals surface area contributed by atoms with E-state index in [4.69, 9.17) is 0 Å². The molecule has 0 radical (unpaired) electrons. The van der Waals surface area contributed by atoms with E-state index in [1.165, 1.54) is 0 Å². The van der Waals surface area contributed by atoms with Crippen molar-refractivity contribution in [3.05, 3.63) is 0 Å². The van der Waals surface area contributed by atoms with E-state index in [1.807, 2.05) is 25.8 Å². The smallest absolute Gasteiger partial charge is 0.200 e. The normalized spacial score (nSPS) is 28.4. The molecule has 4 heteroatoms. The predicted octanol–water partition coefficient (Wildman–Crippen LogP) is 0.272. The molecule has 1 atom stereocenters. The van der Waals surface area contributed by atoms with Crippen molar-refractivity contribution in [2.75, 3.05) is 14.1 Å². The molecule has 62 valence electrons. The molecule has 1 heterocycles. The average Bonchev–Trinajstić information content (AvgIpc) is 1.96. The van der Waals surface area contributed by atoms with Crippen molar-refractivity contribution in [3.63, 3.8) is 0 Å². The van der Waals surface area contributed by atoms with E-state index < -0.39 is 0 Å². The Bertz CT molecular complexity index is 206. The fourth-order valence-electron chi connectivity index (χ4n) is 1.05. The van der Waals surface area contributed by atoms with Crippen LogP contribution in [0.1, 0.15) is 13.8 Å². The third-order valence-corrected chi connectivity index (χ3v) is 1.73. The molecule has 1 unspecified atom stereocenters. The third-order valence-electron chi connectivity index (χ3n) is 1.73. The maximum Gasteiger partial charge on any atom is 0.200 e. The molecule has 0 spiro atoms. The summed E-state index contributed by atoms with van der Waals surface area (Å²) < 4.78 is 0. The summed E-state index contributed by atoms with van der Waals surface area (Å²) in [4.78, 5) is 10.3. The lowest BCUT2D eigenvalue weighted by atomic mass is 10.4. The molecule has 0 bridgehead atoms. The van der Waals surface area contributed by atoms with Gasteiger partial charge in [-0.3, -0.25) is 4.99 Å². The molecular weight excluding hydrogens is 140 g/mol. The van der Waals surface area contributed by atoms with Crippen molar-refractivity contribution in [3.8, 4) is 0 Å². The Morgan fingerprint density at radius 1 is 1.64 bits per heavy atom. The van der Waals surface area contributed by atoms with Crippen LogP contribution in [-0.2, 0) is 0 Å². The number of rotatable bonds is 0. The topological polar surface area (TPSA) is 40.0 Å². The molecule has 0 fully saturated rings. The van der Waals surface area contributed by atoms with Crippen LogP contribution in [0.15, 0.2) is 9.98 Å². The summed E-state index contributed by atoms with van der Waals surface area (Å²) in [6.45, 7) is 3.98. The van der Waals surface area contributed by atoms with Crippen molar-refractivity contribution < 1.29 is 0 Å². The van der Waals surface area contributed by atoms with Gasteiger partial charge in [0.1, 0.15) is 12.0 Å². The first-order valence-electron chi connectivity index (χ1n) is 3.66. The van der Waals surface area contributed by atoms with Crippen LogP contribution in [0.25, 0.3) is 0 Å². The van der Waals surface area contributed by atoms with Gasteiger partial charge in [-0.2, -0.15) is 0 Å². The van der Waals surface area contributed by atoms with Gasteiger partial charge >= 0.3 is 0 Å². The highest BCUT2D eigenvalue weighted by molar-refractivity contribution is 6.00. The molecule has 1 aliphatic rings. The van der Waals surface area contributed by atoms with E-state index in [-0.39, 0.29) is 6.17 Å². The maximum atomic E-state index is 4.31. The Morgan fingerprint density at radius 3 is 2.82 bits per heavy atom. The predicted molar refractivity (Wildman–Crippen MR) is 46.8 cm³/mol. The van der Waals surface area contributed by atoms with Crippen LogP contribution in [0, 0.1) is 0 Å².